The maximum atomic E-state index is 13.0. The Morgan fingerprint density at radius 3 is 2.27 bits per heavy atom. The standard InChI is InChI=1S/C24H37N3O3/c1-6-18(5)25-24(30)22(26-23(29)20-10-8-7-9-17(20)4)19-11-13-27(14-12-19)21(28)15-16(2)3/h7-10,16,18-19,22H,6,11-15H2,1-5H3,(H,25,30)(H,26,29)/t18-,22+/m0/s1. The van der Waals surface area contributed by atoms with Crippen molar-refractivity contribution in [3.05, 3.63) is 35.4 Å². The van der Waals surface area contributed by atoms with Crippen LogP contribution in [0.15, 0.2) is 24.3 Å². The summed E-state index contributed by atoms with van der Waals surface area (Å²) in [6, 6.07) is 6.83. The summed E-state index contributed by atoms with van der Waals surface area (Å²) in [5.41, 5.74) is 1.47. The van der Waals surface area contributed by atoms with Crippen LogP contribution in [0.3, 0.4) is 0 Å². The van der Waals surface area contributed by atoms with Gasteiger partial charge in [0.25, 0.3) is 5.91 Å². The van der Waals surface area contributed by atoms with Crippen molar-refractivity contribution >= 4 is 17.7 Å². The number of amides is 3. The Kier molecular flexibility index (Phi) is 8.88. The van der Waals surface area contributed by atoms with Crippen LogP contribution in [0.25, 0.3) is 0 Å². The molecule has 1 heterocycles. The Hall–Kier alpha value is -2.37. The Balaban J connectivity index is 2.10. The average Bonchev–Trinajstić information content (AvgIpc) is 2.71. The Labute approximate surface area is 180 Å². The molecule has 3 amide bonds. The van der Waals surface area contributed by atoms with Gasteiger partial charge in [-0.25, -0.2) is 0 Å². The van der Waals surface area contributed by atoms with Gasteiger partial charge < -0.3 is 15.5 Å². The second kappa shape index (κ2) is 11.1. The van der Waals surface area contributed by atoms with Crippen LogP contribution in [-0.2, 0) is 9.59 Å². The summed E-state index contributed by atoms with van der Waals surface area (Å²) < 4.78 is 0. The molecule has 0 aliphatic carbocycles. The molecule has 6 nitrogen and oxygen atoms in total. The number of rotatable bonds is 8. The van der Waals surface area contributed by atoms with Gasteiger partial charge >= 0.3 is 0 Å². The van der Waals surface area contributed by atoms with E-state index in [2.05, 4.69) is 10.6 Å². The largest absolute Gasteiger partial charge is 0.352 e. The number of carbonyl (C=O) groups excluding carboxylic acids is 3. The van der Waals surface area contributed by atoms with Gasteiger partial charge in [0, 0.05) is 31.1 Å². The van der Waals surface area contributed by atoms with E-state index in [1.165, 1.54) is 0 Å². The molecule has 30 heavy (non-hydrogen) atoms. The molecule has 1 fully saturated rings. The topological polar surface area (TPSA) is 78.5 Å². The first-order valence-corrected chi connectivity index (χ1v) is 11.2. The summed E-state index contributed by atoms with van der Waals surface area (Å²) in [7, 11) is 0. The molecule has 1 saturated heterocycles. The number of likely N-dealkylation sites (tertiary alicyclic amines) is 1. The Morgan fingerprint density at radius 1 is 1.07 bits per heavy atom. The highest BCUT2D eigenvalue weighted by atomic mass is 16.2. The van der Waals surface area contributed by atoms with Crippen molar-refractivity contribution in [2.75, 3.05) is 13.1 Å². The maximum absolute atomic E-state index is 13.0. The van der Waals surface area contributed by atoms with Gasteiger partial charge in [0.1, 0.15) is 6.04 Å². The van der Waals surface area contributed by atoms with Crippen LogP contribution in [-0.4, -0.2) is 47.8 Å². The highest BCUT2D eigenvalue weighted by molar-refractivity contribution is 5.98. The number of carbonyl (C=O) groups is 3. The minimum absolute atomic E-state index is 0.00474. The maximum Gasteiger partial charge on any atom is 0.252 e. The van der Waals surface area contributed by atoms with Gasteiger partial charge in [0.2, 0.25) is 11.8 Å². The fourth-order valence-electron chi connectivity index (χ4n) is 3.84. The zero-order chi connectivity index (χ0) is 22.3. The summed E-state index contributed by atoms with van der Waals surface area (Å²) in [6.45, 7) is 11.2. The zero-order valence-electron chi connectivity index (χ0n) is 19.0. The van der Waals surface area contributed by atoms with Crippen molar-refractivity contribution in [2.45, 2.75) is 72.4 Å². The molecule has 2 N–H and O–H groups in total. The fourth-order valence-corrected chi connectivity index (χ4v) is 3.84. The van der Waals surface area contributed by atoms with E-state index >= 15 is 0 Å². The average molecular weight is 416 g/mol. The molecular weight excluding hydrogens is 378 g/mol. The lowest BCUT2D eigenvalue weighted by atomic mass is 9.88. The number of nitrogens with one attached hydrogen (secondary N) is 2. The van der Waals surface area contributed by atoms with Gasteiger partial charge in [-0.05, 0) is 56.6 Å². The lowest BCUT2D eigenvalue weighted by molar-refractivity contribution is -0.133. The number of hydrogen-bond donors (Lipinski definition) is 2. The second-order valence-corrected chi connectivity index (χ2v) is 8.90. The van der Waals surface area contributed by atoms with Gasteiger partial charge in [-0.3, -0.25) is 14.4 Å². The van der Waals surface area contributed by atoms with Gasteiger partial charge in [0.05, 0.1) is 0 Å². The van der Waals surface area contributed by atoms with Gasteiger partial charge in [0.15, 0.2) is 0 Å². The van der Waals surface area contributed by atoms with Gasteiger partial charge in [-0.15, -0.1) is 0 Å². The Morgan fingerprint density at radius 2 is 1.70 bits per heavy atom. The van der Waals surface area contributed by atoms with Crippen molar-refractivity contribution in [1.82, 2.24) is 15.5 Å². The molecule has 1 aromatic rings. The molecule has 0 aromatic heterocycles. The van der Waals surface area contributed by atoms with Crippen molar-refractivity contribution in [3.8, 4) is 0 Å². The van der Waals surface area contributed by atoms with Crippen LogP contribution in [0.4, 0.5) is 0 Å². The van der Waals surface area contributed by atoms with Gasteiger partial charge in [-0.2, -0.15) is 0 Å². The van der Waals surface area contributed by atoms with E-state index in [0.717, 1.165) is 12.0 Å². The molecule has 0 spiro atoms. The van der Waals surface area contributed by atoms with Crippen LogP contribution in [0.1, 0.15) is 69.3 Å². The van der Waals surface area contributed by atoms with Crippen molar-refractivity contribution in [2.24, 2.45) is 11.8 Å². The smallest absolute Gasteiger partial charge is 0.252 e. The molecule has 1 aliphatic heterocycles. The number of piperidine rings is 1. The van der Waals surface area contributed by atoms with Gasteiger partial charge in [-0.1, -0.05) is 39.0 Å². The van der Waals surface area contributed by atoms with E-state index in [1.807, 2.05) is 57.7 Å². The minimum atomic E-state index is -0.603. The first kappa shape index (κ1) is 23.9. The monoisotopic (exact) mass is 415 g/mol. The third kappa shape index (κ3) is 6.57. The molecule has 0 saturated carbocycles. The van der Waals surface area contributed by atoms with Crippen LogP contribution in [0.2, 0.25) is 0 Å². The van der Waals surface area contributed by atoms with E-state index in [4.69, 9.17) is 0 Å². The molecule has 0 unspecified atom stereocenters. The fraction of sp³-hybridized carbons (Fsp3) is 0.625. The molecule has 2 atom stereocenters. The summed E-state index contributed by atoms with van der Waals surface area (Å²) >= 11 is 0. The lowest BCUT2D eigenvalue weighted by Crippen LogP contribution is -2.55. The van der Waals surface area contributed by atoms with E-state index in [9.17, 15) is 14.4 Å². The third-order valence-corrected chi connectivity index (χ3v) is 5.91. The minimum Gasteiger partial charge on any atom is -0.352 e. The number of aryl methyl sites for hydroxylation is 1. The highest BCUT2D eigenvalue weighted by Gasteiger charge is 2.34. The molecule has 166 valence electrons. The normalized spacial score (nSPS) is 16.8. The van der Waals surface area contributed by atoms with E-state index in [0.29, 0.717) is 43.8 Å². The highest BCUT2D eigenvalue weighted by Crippen LogP contribution is 2.23. The lowest BCUT2D eigenvalue weighted by Gasteiger charge is -2.36. The van der Waals surface area contributed by atoms with E-state index < -0.39 is 6.04 Å². The van der Waals surface area contributed by atoms with Crippen molar-refractivity contribution < 1.29 is 14.4 Å². The molecule has 0 radical (unpaired) electrons. The van der Waals surface area contributed by atoms with E-state index in [1.54, 1.807) is 6.07 Å². The Bertz CT molecular complexity index is 739. The SMILES string of the molecule is CC[C@H](C)NC(=O)[C@H](NC(=O)c1ccccc1C)C1CCN(C(=O)CC(C)C)CC1. The molecular formula is C24H37N3O3. The predicted molar refractivity (Wildman–Crippen MR) is 119 cm³/mol. The summed E-state index contributed by atoms with van der Waals surface area (Å²) in [4.78, 5) is 40.2. The van der Waals surface area contributed by atoms with E-state index in [-0.39, 0.29) is 29.7 Å². The summed E-state index contributed by atoms with van der Waals surface area (Å²) in [6.07, 6.45) is 2.78. The van der Waals surface area contributed by atoms with Crippen LogP contribution in [0, 0.1) is 18.8 Å². The molecule has 1 aliphatic rings. The third-order valence-electron chi connectivity index (χ3n) is 5.91. The number of hydrogen-bond acceptors (Lipinski definition) is 3. The van der Waals surface area contributed by atoms with Crippen LogP contribution < -0.4 is 10.6 Å². The number of nitrogens with zero attached hydrogens (tertiary/aromatic N) is 1. The second-order valence-electron chi connectivity index (χ2n) is 8.90. The van der Waals surface area contributed by atoms with Crippen molar-refractivity contribution in [3.63, 3.8) is 0 Å². The molecule has 0 bridgehead atoms. The molecule has 1 aromatic carbocycles. The molecule has 6 heteroatoms. The first-order valence-electron chi connectivity index (χ1n) is 11.2. The summed E-state index contributed by atoms with van der Waals surface area (Å²) in [5, 5.41) is 6.02. The van der Waals surface area contributed by atoms with Crippen molar-refractivity contribution in [1.29, 1.82) is 0 Å². The quantitative estimate of drug-likeness (QED) is 0.684. The number of benzene rings is 1. The van der Waals surface area contributed by atoms with Crippen LogP contribution >= 0.6 is 0 Å². The predicted octanol–water partition coefficient (Wildman–Crippen LogP) is 3.29. The van der Waals surface area contributed by atoms with Crippen LogP contribution in [0.5, 0.6) is 0 Å². The zero-order valence-corrected chi connectivity index (χ0v) is 19.0. The first-order chi connectivity index (χ1) is 14.2. The molecule has 2 rings (SSSR count). The summed E-state index contributed by atoms with van der Waals surface area (Å²) in [5.74, 6) is 0.143.